The van der Waals surface area contributed by atoms with E-state index in [0.717, 1.165) is 21.7 Å². The Bertz CT molecular complexity index is 1060. The molecule has 31 heavy (non-hydrogen) atoms. The van der Waals surface area contributed by atoms with Crippen LogP contribution in [0.4, 0.5) is 11.4 Å². The van der Waals surface area contributed by atoms with Crippen LogP contribution in [0, 0.1) is 6.92 Å². The summed E-state index contributed by atoms with van der Waals surface area (Å²) in [7, 11) is 0. The van der Waals surface area contributed by atoms with E-state index in [-0.39, 0.29) is 17.1 Å². The number of thioether (sulfide) groups is 1. The molecule has 5 heteroatoms. The predicted octanol–water partition coefficient (Wildman–Crippen LogP) is 6.16. The normalized spacial score (nSPS) is 11.8. The summed E-state index contributed by atoms with van der Waals surface area (Å²) in [6.45, 7) is 3.97. The summed E-state index contributed by atoms with van der Waals surface area (Å²) >= 11 is 1.49. The molecule has 0 aliphatic carbocycles. The summed E-state index contributed by atoms with van der Waals surface area (Å²) in [5.74, 6) is -0.225. The lowest BCUT2D eigenvalue weighted by atomic mass is 10.2. The fraction of sp³-hybridized carbons (Fsp3) is 0.154. The highest BCUT2D eigenvalue weighted by molar-refractivity contribution is 8.00. The summed E-state index contributed by atoms with van der Waals surface area (Å²) in [6, 6.07) is 25.0. The molecule has 0 fully saturated rings. The zero-order valence-electron chi connectivity index (χ0n) is 17.7. The molecule has 0 saturated carbocycles. The van der Waals surface area contributed by atoms with Gasteiger partial charge in [-0.05, 0) is 54.8 Å². The third-order valence-corrected chi connectivity index (χ3v) is 6.03. The standard InChI is InChI=1S/C26H26N2O2S/c1-3-24(26(30)28-23-15-8-7-10-19(23)2)31-22-14-9-13-21(18-22)27-25(29)17-16-20-11-5-4-6-12-20/h4-18,24H,3H2,1-2H3,(H,27,29)(H,28,30)/b17-16+. The second-order valence-electron chi connectivity index (χ2n) is 7.08. The van der Waals surface area contributed by atoms with Gasteiger partial charge in [0, 0.05) is 22.3 Å². The molecule has 1 unspecified atom stereocenters. The summed E-state index contributed by atoms with van der Waals surface area (Å²) in [4.78, 5) is 25.9. The molecule has 158 valence electrons. The fourth-order valence-corrected chi connectivity index (χ4v) is 3.99. The second kappa shape index (κ2) is 11.2. The fourth-order valence-electron chi connectivity index (χ4n) is 2.98. The molecule has 3 aromatic carbocycles. The molecule has 3 aromatic rings. The van der Waals surface area contributed by atoms with Crippen LogP contribution in [-0.2, 0) is 9.59 Å². The number of nitrogens with one attached hydrogen (secondary N) is 2. The lowest BCUT2D eigenvalue weighted by Crippen LogP contribution is -2.24. The highest BCUT2D eigenvalue weighted by Crippen LogP contribution is 2.29. The van der Waals surface area contributed by atoms with Crippen LogP contribution in [0.15, 0.2) is 89.8 Å². The monoisotopic (exact) mass is 430 g/mol. The number of carbonyl (C=O) groups is 2. The third kappa shape index (κ3) is 6.86. The number of amides is 2. The van der Waals surface area contributed by atoms with Crippen LogP contribution in [0.3, 0.4) is 0 Å². The van der Waals surface area contributed by atoms with Gasteiger partial charge in [0.25, 0.3) is 0 Å². The van der Waals surface area contributed by atoms with Gasteiger partial charge in [-0.1, -0.05) is 61.5 Å². The summed E-state index contributed by atoms with van der Waals surface area (Å²) in [5.41, 5.74) is 3.52. The molecule has 2 amide bonds. The van der Waals surface area contributed by atoms with Crippen molar-refractivity contribution in [3.05, 3.63) is 96.1 Å². The summed E-state index contributed by atoms with van der Waals surface area (Å²) in [6.07, 6.45) is 3.98. The molecule has 0 bridgehead atoms. The maximum atomic E-state index is 12.8. The summed E-state index contributed by atoms with van der Waals surface area (Å²) in [5, 5.41) is 5.67. The van der Waals surface area contributed by atoms with Gasteiger partial charge in [-0.25, -0.2) is 0 Å². The quantitative estimate of drug-likeness (QED) is 0.332. The van der Waals surface area contributed by atoms with Crippen molar-refractivity contribution in [1.29, 1.82) is 0 Å². The van der Waals surface area contributed by atoms with E-state index < -0.39 is 0 Å². The minimum Gasteiger partial charge on any atom is -0.325 e. The van der Waals surface area contributed by atoms with E-state index in [1.165, 1.54) is 17.8 Å². The molecule has 0 spiro atoms. The molecule has 3 rings (SSSR count). The van der Waals surface area contributed by atoms with E-state index in [1.807, 2.05) is 92.7 Å². The van der Waals surface area contributed by atoms with E-state index in [1.54, 1.807) is 6.08 Å². The van der Waals surface area contributed by atoms with Crippen LogP contribution < -0.4 is 10.6 Å². The molecule has 1 atom stereocenters. The van der Waals surface area contributed by atoms with Crippen molar-refractivity contribution in [1.82, 2.24) is 0 Å². The molecular weight excluding hydrogens is 404 g/mol. The number of anilines is 2. The van der Waals surface area contributed by atoms with Crippen molar-refractivity contribution in [2.45, 2.75) is 30.4 Å². The third-order valence-electron chi connectivity index (χ3n) is 4.67. The van der Waals surface area contributed by atoms with E-state index in [9.17, 15) is 9.59 Å². The highest BCUT2D eigenvalue weighted by atomic mass is 32.2. The SMILES string of the molecule is CCC(Sc1cccc(NC(=O)/C=C/c2ccccc2)c1)C(=O)Nc1ccccc1C. The van der Waals surface area contributed by atoms with Gasteiger partial charge < -0.3 is 10.6 Å². The second-order valence-corrected chi connectivity index (χ2v) is 8.36. The average molecular weight is 431 g/mol. The molecule has 0 saturated heterocycles. The number of carbonyl (C=O) groups excluding carboxylic acids is 2. The minimum absolute atomic E-state index is 0.0259. The van der Waals surface area contributed by atoms with Crippen LogP contribution in [-0.4, -0.2) is 17.1 Å². The first-order valence-electron chi connectivity index (χ1n) is 10.2. The van der Waals surface area contributed by atoms with E-state index in [4.69, 9.17) is 0 Å². The lowest BCUT2D eigenvalue weighted by Gasteiger charge is -2.16. The van der Waals surface area contributed by atoms with Gasteiger partial charge in [-0.15, -0.1) is 11.8 Å². The van der Waals surface area contributed by atoms with Gasteiger partial charge >= 0.3 is 0 Å². The first-order valence-corrected chi connectivity index (χ1v) is 11.1. The Labute approximate surface area is 187 Å². The van der Waals surface area contributed by atoms with Gasteiger partial charge in [-0.3, -0.25) is 9.59 Å². The number of aryl methyl sites for hydroxylation is 1. The maximum Gasteiger partial charge on any atom is 0.248 e. The first-order chi connectivity index (χ1) is 15.0. The van der Waals surface area contributed by atoms with E-state index >= 15 is 0 Å². The lowest BCUT2D eigenvalue weighted by molar-refractivity contribution is -0.115. The van der Waals surface area contributed by atoms with Crippen molar-refractivity contribution in [2.24, 2.45) is 0 Å². The van der Waals surface area contributed by atoms with Crippen LogP contribution >= 0.6 is 11.8 Å². The predicted molar refractivity (Wildman–Crippen MR) is 130 cm³/mol. The number of rotatable bonds is 8. The van der Waals surface area contributed by atoms with Crippen LogP contribution in [0.25, 0.3) is 6.08 Å². The topological polar surface area (TPSA) is 58.2 Å². The Morgan fingerprint density at radius 2 is 1.68 bits per heavy atom. The van der Waals surface area contributed by atoms with Crippen molar-refractivity contribution >= 4 is 41.0 Å². The van der Waals surface area contributed by atoms with Crippen molar-refractivity contribution in [3.63, 3.8) is 0 Å². The van der Waals surface area contributed by atoms with Crippen LogP contribution in [0.1, 0.15) is 24.5 Å². The summed E-state index contributed by atoms with van der Waals surface area (Å²) < 4.78 is 0. The van der Waals surface area contributed by atoms with E-state index in [0.29, 0.717) is 12.1 Å². The van der Waals surface area contributed by atoms with Gasteiger partial charge in [-0.2, -0.15) is 0 Å². The number of para-hydroxylation sites is 1. The van der Waals surface area contributed by atoms with Crippen LogP contribution in [0.2, 0.25) is 0 Å². The molecule has 0 radical (unpaired) electrons. The Hall–Kier alpha value is -3.31. The minimum atomic E-state index is -0.233. The Kier molecular flexibility index (Phi) is 8.07. The smallest absolute Gasteiger partial charge is 0.248 e. The average Bonchev–Trinajstić information content (AvgIpc) is 2.78. The Morgan fingerprint density at radius 3 is 2.42 bits per heavy atom. The molecule has 2 N–H and O–H groups in total. The van der Waals surface area contributed by atoms with Gasteiger partial charge in [0.15, 0.2) is 0 Å². The molecular formula is C26H26N2O2S. The highest BCUT2D eigenvalue weighted by Gasteiger charge is 2.19. The first kappa shape index (κ1) is 22.4. The van der Waals surface area contributed by atoms with Gasteiger partial charge in [0.2, 0.25) is 11.8 Å². The van der Waals surface area contributed by atoms with Gasteiger partial charge in [0.05, 0.1) is 5.25 Å². The number of hydrogen-bond donors (Lipinski definition) is 2. The van der Waals surface area contributed by atoms with Crippen LogP contribution in [0.5, 0.6) is 0 Å². The maximum absolute atomic E-state index is 12.8. The number of hydrogen-bond acceptors (Lipinski definition) is 3. The largest absolute Gasteiger partial charge is 0.325 e. The van der Waals surface area contributed by atoms with Crippen molar-refractivity contribution < 1.29 is 9.59 Å². The number of benzene rings is 3. The Morgan fingerprint density at radius 1 is 0.935 bits per heavy atom. The molecule has 4 nitrogen and oxygen atoms in total. The zero-order valence-corrected chi connectivity index (χ0v) is 18.5. The van der Waals surface area contributed by atoms with Crippen molar-refractivity contribution in [3.8, 4) is 0 Å². The van der Waals surface area contributed by atoms with Gasteiger partial charge in [0.1, 0.15) is 0 Å². The molecule has 0 aromatic heterocycles. The molecule has 0 aliphatic heterocycles. The molecule has 0 heterocycles. The van der Waals surface area contributed by atoms with Crippen molar-refractivity contribution in [2.75, 3.05) is 10.6 Å². The molecule has 0 aliphatic rings. The zero-order chi connectivity index (χ0) is 22.1. The Balaban J connectivity index is 1.62. The van der Waals surface area contributed by atoms with E-state index in [2.05, 4.69) is 10.6 Å².